The number of anilines is 1. The molecule has 0 amide bonds. The largest absolute Gasteiger partial charge is 0.393 e. The molecule has 0 fully saturated rings. The summed E-state index contributed by atoms with van der Waals surface area (Å²) in [7, 11) is 1.95. The fourth-order valence-electron chi connectivity index (χ4n) is 1.60. The van der Waals surface area contributed by atoms with Gasteiger partial charge < -0.3 is 15.1 Å². The second kappa shape index (κ2) is 5.82. The van der Waals surface area contributed by atoms with Gasteiger partial charge in [-0.3, -0.25) is 0 Å². The maximum atomic E-state index is 9.22. The Morgan fingerprint density at radius 3 is 2.69 bits per heavy atom. The Bertz CT molecular complexity index is 340. The SMILES string of the molecule is Cc1cc(CO)cnc1N(C)CCC(C)O. The molecule has 1 rings (SSSR count). The quantitative estimate of drug-likeness (QED) is 0.786. The number of aromatic nitrogens is 1. The van der Waals surface area contributed by atoms with Crippen molar-refractivity contribution in [3.05, 3.63) is 23.4 Å². The molecule has 0 aromatic carbocycles. The van der Waals surface area contributed by atoms with Crippen LogP contribution in [0.5, 0.6) is 0 Å². The Labute approximate surface area is 96.6 Å². The molecule has 0 saturated heterocycles. The predicted molar refractivity (Wildman–Crippen MR) is 64.5 cm³/mol. The second-order valence-electron chi connectivity index (χ2n) is 4.20. The third-order valence-electron chi connectivity index (χ3n) is 2.53. The number of hydrogen-bond donors (Lipinski definition) is 2. The van der Waals surface area contributed by atoms with Crippen molar-refractivity contribution in [3.8, 4) is 0 Å². The van der Waals surface area contributed by atoms with Crippen molar-refractivity contribution in [1.29, 1.82) is 0 Å². The second-order valence-corrected chi connectivity index (χ2v) is 4.20. The topological polar surface area (TPSA) is 56.6 Å². The van der Waals surface area contributed by atoms with Gasteiger partial charge in [-0.25, -0.2) is 4.98 Å². The number of nitrogens with zero attached hydrogens (tertiary/aromatic N) is 2. The minimum Gasteiger partial charge on any atom is -0.393 e. The van der Waals surface area contributed by atoms with Crippen molar-refractivity contribution in [3.63, 3.8) is 0 Å². The zero-order valence-electron chi connectivity index (χ0n) is 10.1. The molecule has 1 heterocycles. The van der Waals surface area contributed by atoms with Gasteiger partial charge >= 0.3 is 0 Å². The molecule has 0 bridgehead atoms. The van der Waals surface area contributed by atoms with E-state index in [4.69, 9.17) is 5.11 Å². The van der Waals surface area contributed by atoms with Crippen LogP contribution in [0.1, 0.15) is 24.5 Å². The monoisotopic (exact) mass is 224 g/mol. The van der Waals surface area contributed by atoms with E-state index in [2.05, 4.69) is 4.98 Å². The number of aryl methyl sites for hydroxylation is 1. The van der Waals surface area contributed by atoms with E-state index in [0.29, 0.717) is 0 Å². The molecule has 0 aliphatic rings. The molecule has 16 heavy (non-hydrogen) atoms. The van der Waals surface area contributed by atoms with E-state index in [1.807, 2.05) is 24.9 Å². The third kappa shape index (κ3) is 3.47. The molecule has 4 heteroatoms. The highest BCUT2D eigenvalue weighted by atomic mass is 16.3. The molecule has 1 atom stereocenters. The van der Waals surface area contributed by atoms with E-state index < -0.39 is 0 Å². The summed E-state index contributed by atoms with van der Waals surface area (Å²) in [5, 5.41) is 18.2. The molecular weight excluding hydrogens is 204 g/mol. The van der Waals surface area contributed by atoms with E-state index in [1.165, 1.54) is 0 Å². The number of pyridine rings is 1. The van der Waals surface area contributed by atoms with Crippen LogP contribution in [0, 0.1) is 6.92 Å². The molecule has 0 aliphatic carbocycles. The first-order valence-electron chi connectivity index (χ1n) is 5.50. The van der Waals surface area contributed by atoms with Crippen molar-refractivity contribution in [1.82, 2.24) is 4.98 Å². The highest BCUT2D eigenvalue weighted by molar-refractivity contribution is 5.46. The van der Waals surface area contributed by atoms with E-state index >= 15 is 0 Å². The summed E-state index contributed by atoms with van der Waals surface area (Å²) < 4.78 is 0. The Kier molecular flexibility index (Phi) is 4.71. The van der Waals surface area contributed by atoms with Crippen LogP contribution in [-0.4, -0.2) is 34.9 Å². The lowest BCUT2D eigenvalue weighted by atomic mass is 10.2. The summed E-state index contributed by atoms with van der Waals surface area (Å²) in [6.07, 6.45) is 2.11. The van der Waals surface area contributed by atoms with Crippen LogP contribution < -0.4 is 4.90 Å². The van der Waals surface area contributed by atoms with Crippen LogP contribution in [-0.2, 0) is 6.61 Å². The average molecular weight is 224 g/mol. The summed E-state index contributed by atoms with van der Waals surface area (Å²) in [6.45, 7) is 4.54. The summed E-state index contributed by atoms with van der Waals surface area (Å²) in [5.74, 6) is 0.901. The summed E-state index contributed by atoms with van der Waals surface area (Å²) in [5.41, 5.74) is 1.87. The lowest BCUT2D eigenvalue weighted by Gasteiger charge is -2.21. The van der Waals surface area contributed by atoms with Crippen LogP contribution in [0.15, 0.2) is 12.3 Å². The van der Waals surface area contributed by atoms with Crippen molar-refractivity contribution in [2.75, 3.05) is 18.5 Å². The first-order valence-corrected chi connectivity index (χ1v) is 5.50. The van der Waals surface area contributed by atoms with Gasteiger partial charge in [0.2, 0.25) is 0 Å². The van der Waals surface area contributed by atoms with Gasteiger partial charge in [0.15, 0.2) is 0 Å². The molecule has 1 aromatic rings. The predicted octanol–water partition coefficient (Wildman–Crippen LogP) is 1.09. The lowest BCUT2D eigenvalue weighted by molar-refractivity contribution is 0.187. The minimum atomic E-state index is -0.292. The number of hydrogen-bond acceptors (Lipinski definition) is 4. The highest BCUT2D eigenvalue weighted by Gasteiger charge is 2.07. The fraction of sp³-hybridized carbons (Fsp3) is 0.583. The molecule has 2 N–H and O–H groups in total. The average Bonchev–Trinajstić information content (AvgIpc) is 2.25. The zero-order chi connectivity index (χ0) is 12.1. The van der Waals surface area contributed by atoms with Crippen LogP contribution in [0.4, 0.5) is 5.82 Å². The van der Waals surface area contributed by atoms with Crippen molar-refractivity contribution in [2.24, 2.45) is 0 Å². The smallest absolute Gasteiger partial charge is 0.131 e. The fourth-order valence-corrected chi connectivity index (χ4v) is 1.60. The van der Waals surface area contributed by atoms with Gasteiger partial charge in [0.25, 0.3) is 0 Å². The summed E-state index contributed by atoms with van der Waals surface area (Å²) in [6, 6.07) is 1.93. The number of aliphatic hydroxyl groups is 2. The van der Waals surface area contributed by atoms with E-state index in [-0.39, 0.29) is 12.7 Å². The van der Waals surface area contributed by atoms with Crippen LogP contribution in [0.3, 0.4) is 0 Å². The van der Waals surface area contributed by atoms with Gasteiger partial charge in [-0.15, -0.1) is 0 Å². The molecule has 0 spiro atoms. The third-order valence-corrected chi connectivity index (χ3v) is 2.53. The van der Waals surface area contributed by atoms with E-state index in [9.17, 15) is 5.11 Å². The van der Waals surface area contributed by atoms with Crippen LogP contribution in [0.25, 0.3) is 0 Å². The first kappa shape index (κ1) is 12.9. The molecule has 1 aromatic heterocycles. The minimum absolute atomic E-state index is 0.0194. The number of rotatable bonds is 5. The van der Waals surface area contributed by atoms with Gasteiger partial charge in [-0.05, 0) is 37.5 Å². The van der Waals surface area contributed by atoms with Crippen molar-refractivity contribution in [2.45, 2.75) is 33.0 Å². The molecule has 90 valence electrons. The van der Waals surface area contributed by atoms with Gasteiger partial charge in [-0.1, -0.05) is 0 Å². The molecule has 1 unspecified atom stereocenters. The summed E-state index contributed by atoms with van der Waals surface area (Å²) >= 11 is 0. The first-order chi connectivity index (χ1) is 7.54. The van der Waals surface area contributed by atoms with Gasteiger partial charge in [0.05, 0.1) is 12.7 Å². The lowest BCUT2D eigenvalue weighted by Crippen LogP contribution is -2.23. The zero-order valence-corrected chi connectivity index (χ0v) is 10.1. The molecule has 0 saturated carbocycles. The maximum absolute atomic E-state index is 9.22. The van der Waals surface area contributed by atoms with Gasteiger partial charge in [0.1, 0.15) is 5.82 Å². The summed E-state index contributed by atoms with van der Waals surface area (Å²) in [4.78, 5) is 6.33. The van der Waals surface area contributed by atoms with Gasteiger partial charge in [0, 0.05) is 19.8 Å². The Hall–Kier alpha value is -1.13. The number of aliphatic hydroxyl groups excluding tert-OH is 2. The van der Waals surface area contributed by atoms with E-state index in [1.54, 1.807) is 13.1 Å². The van der Waals surface area contributed by atoms with Crippen LogP contribution in [0.2, 0.25) is 0 Å². The Morgan fingerprint density at radius 2 is 2.19 bits per heavy atom. The molecule has 4 nitrogen and oxygen atoms in total. The van der Waals surface area contributed by atoms with Crippen molar-refractivity contribution >= 4 is 5.82 Å². The van der Waals surface area contributed by atoms with Crippen molar-refractivity contribution < 1.29 is 10.2 Å². The molecule has 0 aliphatic heterocycles. The Morgan fingerprint density at radius 1 is 1.50 bits per heavy atom. The van der Waals surface area contributed by atoms with E-state index in [0.717, 1.165) is 29.9 Å². The molecule has 0 radical (unpaired) electrons. The Balaban J connectivity index is 2.71. The normalized spacial score (nSPS) is 12.6. The van der Waals surface area contributed by atoms with Gasteiger partial charge in [-0.2, -0.15) is 0 Å². The molecular formula is C12H20N2O2. The maximum Gasteiger partial charge on any atom is 0.131 e. The highest BCUT2D eigenvalue weighted by Crippen LogP contribution is 2.17. The standard InChI is InChI=1S/C12H20N2O2/c1-9-6-11(8-15)7-13-12(9)14(3)5-4-10(2)16/h6-7,10,15-16H,4-5,8H2,1-3H3. The van der Waals surface area contributed by atoms with Crippen LogP contribution >= 0.6 is 0 Å².